The van der Waals surface area contributed by atoms with E-state index in [1.165, 1.54) is 16.2 Å². The standard InChI is InChI=1S/C25H28N2O4S/c1-14-8-9-18-16(13-31-23(18)15(14)2)11-21(28)27-25-22(19-6-3-7-20(19)32-25)24(29)26-12-17-5-4-10-30-17/h8-9,13,17H,3-7,10-12H2,1-2H3,(H,26,29)(H,27,28)/t17-/m1/s1. The summed E-state index contributed by atoms with van der Waals surface area (Å²) in [6, 6.07) is 4.06. The molecule has 3 aromatic rings. The Morgan fingerprint density at radius 3 is 2.88 bits per heavy atom. The zero-order chi connectivity index (χ0) is 22.2. The first-order valence-corrected chi connectivity index (χ1v) is 12.1. The van der Waals surface area contributed by atoms with Crippen molar-refractivity contribution in [2.24, 2.45) is 0 Å². The van der Waals surface area contributed by atoms with Gasteiger partial charge >= 0.3 is 0 Å². The number of amides is 2. The van der Waals surface area contributed by atoms with E-state index >= 15 is 0 Å². The number of hydrogen-bond donors (Lipinski definition) is 2. The van der Waals surface area contributed by atoms with Crippen LogP contribution < -0.4 is 10.6 Å². The molecule has 1 atom stereocenters. The van der Waals surface area contributed by atoms with Crippen LogP contribution in [0.5, 0.6) is 0 Å². The molecule has 1 aliphatic carbocycles. The lowest BCUT2D eigenvalue weighted by Gasteiger charge is -2.12. The van der Waals surface area contributed by atoms with Gasteiger partial charge in [0.05, 0.1) is 24.4 Å². The summed E-state index contributed by atoms with van der Waals surface area (Å²) < 4.78 is 11.4. The number of carbonyl (C=O) groups is 2. The summed E-state index contributed by atoms with van der Waals surface area (Å²) in [7, 11) is 0. The Kier molecular flexibility index (Phi) is 5.78. The van der Waals surface area contributed by atoms with E-state index in [0.29, 0.717) is 17.1 Å². The van der Waals surface area contributed by atoms with Gasteiger partial charge in [-0.1, -0.05) is 12.1 Å². The van der Waals surface area contributed by atoms with E-state index in [2.05, 4.69) is 16.7 Å². The summed E-state index contributed by atoms with van der Waals surface area (Å²) in [5, 5.41) is 7.67. The molecule has 1 aliphatic heterocycles. The van der Waals surface area contributed by atoms with Crippen molar-refractivity contribution < 1.29 is 18.7 Å². The fourth-order valence-electron chi connectivity index (χ4n) is 4.70. The molecule has 2 amide bonds. The molecule has 32 heavy (non-hydrogen) atoms. The lowest BCUT2D eigenvalue weighted by atomic mass is 10.0. The Hall–Kier alpha value is -2.64. The topological polar surface area (TPSA) is 80.6 Å². The molecule has 7 heteroatoms. The molecule has 0 radical (unpaired) electrons. The van der Waals surface area contributed by atoms with Gasteiger partial charge in [-0.3, -0.25) is 9.59 Å². The summed E-state index contributed by atoms with van der Waals surface area (Å²) in [6.07, 6.45) is 6.88. The first-order chi connectivity index (χ1) is 15.5. The molecule has 2 N–H and O–H groups in total. The molecule has 2 aliphatic rings. The molecule has 2 aromatic heterocycles. The van der Waals surface area contributed by atoms with E-state index in [0.717, 1.165) is 71.9 Å². The van der Waals surface area contributed by atoms with Crippen molar-refractivity contribution in [3.05, 3.63) is 51.1 Å². The third kappa shape index (κ3) is 3.95. The Morgan fingerprint density at radius 2 is 2.06 bits per heavy atom. The number of thiophene rings is 1. The van der Waals surface area contributed by atoms with Gasteiger partial charge < -0.3 is 19.8 Å². The normalized spacial score (nSPS) is 17.6. The van der Waals surface area contributed by atoms with Crippen LogP contribution >= 0.6 is 11.3 Å². The molecular weight excluding hydrogens is 424 g/mol. The molecule has 0 saturated carbocycles. The van der Waals surface area contributed by atoms with Gasteiger partial charge in [-0.05, 0) is 62.6 Å². The maximum absolute atomic E-state index is 13.1. The second kappa shape index (κ2) is 8.71. The molecule has 0 unspecified atom stereocenters. The number of anilines is 1. The number of benzene rings is 1. The maximum atomic E-state index is 13.1. The largest absolute Gasteiger partial charge is 0.464 e. The zero-order valence-electron chi connectivity index (χ0n) is 18.5. The van der Waals surface area contributed by atoms with Crippen LogP contribution in [0, 0.1) is 13.8 Å². The monoisotopic (exact) mass is 452 g/mol. The minimum atomic E-state index is -0.140. The van der Waals surface area contributed by atoms with E-state index < -0.39 is 0 Å². The first kappa shape index (κ1) is 21.2. The van der Waals surface area contributed by atoms with Crippen LogP contribution in [0.4, 0.5) is 5.00 Å². The molecule has 0 spiro atoms. The molecule has 1 fully saturated rings. The van der Waals surface area contributed by atoms with E-state index in [1.54, 1.807) is 6.26 Å². The van der Waals surface area contributed by atoms with Crippen LogP contribution in [0.15, 0.2) is 22.8 Å². The summed E-state index contributed by atoms with van der Waals surface area (Å²) in [5.41, 5.74) is 5.67. The van der Waals surface area contributed by atoms with Gasteiger partial charge in [0.25, 0.3) is 5.91 Å². The zero-order valence-corrected chi connectivity index (χ0v) is 19.3. The highest BCUT2D eigenvalue weighted by molar-refractivity contribution is 7.17. The Bertz CT molecular complexity index is 1190. The number of ether oxygens (including phenoxy) is 1. The average molecular weight is 453 g/mol. The van der Waals surface area contributed by atoms with Crippen molar-refractivity contribution in [1.82, 2.24) is 5.32 Å². The molecule has 5 rings (SSSR count). The highest BCUT2D eigenvalue weighted by Crippen LogP contribution is 2.39. The van der Waals surface area contributed by atoms with Crippen molar-refractivity contribution in [3.63, 3.8) is 0 Å². The minimum absolute atomic E-state index is 0.0881. The average Bonchev–Trinajstić information content (AvgIpc) is 3.54. The van der Waals surface area contributed by atoms with E-state index in [9.17, 15) is 9.59 Å². The Balaban J connectivity index is 1.33. The summed E-state index contributed by atoms with van der Waals surface area (Å²) in [5.74, 6) is -0.255. The summed E-state index contributed by atoms with van der Waals surface area (Å²) >= 11 is 1.54. The number of carbonyl (C=O) groups excluding carboxylic acids is 2. The quantitative estimate of drug-likeness (QED) is 0.569. The lowest BCUT2D eigenvalue weighted by Crippen LogP contribution is -2.32. The molecule has 1 aromatic carbocycles. The van der Waals surface area contributed by atoms with Crippen LogP contribution in [0.25, 0.3) is 11.0 Å². The second-order valence-corrected chi connectivity index (χ2v) is 9.88. The predicted octanol–water partition coefficient (Wildman–Crippen LogP) is 4.69. The van der Waals surface area contributed by atoms with Crippen molar-refractivity contribution in [2.75, 3.05) is 18.5 Å². The highest BCUT2D eigenvalue weighted by atomic mass is 32.1. The first-order valence-electron chi connectivity index (χ1n) is 11.3. The van der Waals surface area contributed by atoms with Crippen LogP contribution in [0.1, 0.15) is 56.8 Å². The minimum Gasteiger partial charge on any atom is -0.464 e. The van der Waals surface area contributed by atoms with Crippen molar-refractivity contribution in [2.45, 2.75) is 58.5 Å². The number of rotatable bonds is 6. The fourth-order valence-corrected chi connectivity index (χ4v) is 6.00. The van der Waals surface area contributed by atoms with Crippen LogP contribution in [0.3, 0.4) is 0 Å². The van der Waals surface area contributed by atoms with Gasteiger partial charge in [-0.25, -0.2) is 0 Å². The molecule has 1 saturated heterocycles. The van der Waals surface area contributed by atoms with Crippen LogP contribution in [0.2, 0.25) is 0 Å². The summed E-state index contributed by atoms with van der Waals surface area (Å²) in [6.45, 7) is 5.35. The third-order valence-corrected chi connectivity index (χ3v) is 7.82. The maximum Gasteiger partial charge on any atom is 0.254 e. The predicted molar refractivity (Wildman–Crippen MR) is 126 cm³/mol. The summed E-state index contributed by atoms with van der Waals surface area (Å²) in [4.78, 5) is 27.2. The second-order valence-electron chi connectivity index (χ2n) is 8.78. The van der Waals surface area contributed by atoms with Crippen LogP contribution in [-0.4, -0.2) is 31.1 Å². The molecule has 3 heterocycles. The SMILES string of the molecule is Cc1ccc2c(CC(=O)Nc3sc4c(c3C(=O)NC[C@H]3CCCO3)CCC4)coc2c1C. The molecule has 168 valence electrons. The van der Waals surface area contributed by atoms with E-state index in [4.69, 9.17) is 9.15 Å². The van der Waals surface area contributed by atoms with Gasteiger partial charge in [0.2, 0.25) is 5.91 Å². The highest BCUT2D eigenvalue weighted by Gasteiger charge is 2.28. The number of nitrogens with one attached hydrogen (secondary N) is 2. The van der Waals surface area contributed by atoms with E-state index in [-0.39, 0.29) is 24.3 Å². The number of hydrogen-bond acceptors (Lipinski definition) is 5. The number of furan rings is 1. The van der Waals surface area contributed by atoms with Crippen molar-refractivity contribution >= 4 is 39.1 Å². The van der Waals surface area contributed by atoms with Gasteiger partial charge in [0, 0.05) is 29.0 Å². The fraction of sp³-hybridized carbons (Fsp3) is 0.440. The smallest absolute Gasteiger partial charge is 0.254 e. The van der Waals surface area contributed by atoms with Crippen molar-refractivity contribution in [1.29, 1.82) is 0 Å². The van der Waals surface area contributed by atoms with Gasteiger partial charge in [0.15, 0.2) is 0 Å². The molecule has 0 bridgehead atoms. The Morgan fingerprint density at radius 1 is 1.19 bits per heavy atom. The molecular formula is C25H28N2O4S. The van der Waals surface area contributed by atoms with Gasteiger partial charge in [-0.2, -0.15) is 0 Å². The Labute approximate surface area is 191 Å². The number of fused-ring (bicyclic) bond motifs is 2. The van der Waals surface area contributed by atoms with Gasteiger partial charge in [0.1, 0.15) is 10.6 Å². The van der Waals surface area contributed by atoms with Gasteiger partial charge in [-0.15, -0.1) is 11.3 Å². The van der Waals surface area contributed by atoms with Crippen LogP contribution in [-0.2, 0) is 28.8 Å². The third-order valence-electron chi connectivity index (χ3n) is 6.61. The molecule has 6 nitrogen and oxygen atoms in total. The van der Waals surface area contributed by atoms with E-state index in [1.807, 2.05) is 19.9 Å². The lowest BCUT2D eigenvalue weighted by molar-refractivity contribution is -0.115. The number of aryl methyl sites for hydroxylation is 3. The van der Waals surface area contributed by atoms with Crippen molar-refractivity contribution in [3.8, 4) is 0 Å².